The van der Waals surface area contributed by atoms with Crippen LogP contribution in [0.2, 0.25) is 0 Å². The number of benzene rings is 1. The lowest BCUT2D eigenvalue weighted by atomic mass is 10.0. The molecule has 1 saturated heterocycles. The van der Waals surface area contributed by atoms with Crippen molar-refractivity contribution >= 4 is 22.6 Å². The topological polar surface area (TPSA) is 38.5 Å². The van der Waals surface area contributed by atoms with Crippen molar-refractivity contribution in [1.29, 1.82) is 0 Å². The Hall–Kier alpha value is -0.170. The largest absolute Gasteiger partial charge is 0.374 e. The first-order valence-corrected chi connectivity index (χ1v) is 7.61. The molecule has 0 saturated carbocycles. The highest BCUT2D eigenvalue weighted by Gasteiger charge is 2.25. The van der Waals surface area contributed by atoms with E-state index in [2.05, 4.69) is 58.7 Å². The zero-order valence-corrected chi connectivity index (χ0v) is 13.0. The monoisotopic (exact) mass is 360 g/mol. The van der Waals surface area contributed by atoms with Gasteiger partial charge in [-0.25, -0.2) is 0 Å². The van der Waals surface area contributed by atoms with Gasteiger partial charge in [-0.1, -0.05) is 19.1 Å². The fourth-order valence-electron chi connectivity index (χ4n) is 2.30. The maximum Gasteiger partial charge on any atom is 0.0856 e. The smallest absolute Gasteiger partial charge is 0.0856 e. The van der Waals surface area contributed by atoms with Gasteiger partial charge in [-0.05, 0) is 53.3 Å². The Bertz CT molecular complexity index is 369. The van der Waals surface area contributed by atoms with E-state index in [4.69, 9.17) is 10.5 Å². The molecule has 2 rings (SSSR count). The molecule has 1 aromatic carbocycles. The minimum Gasteiger partial charge on any atom is -0.374 e. The number of nitrogens with zero attached hydrogens (tertiary/aromatic N) is 1. The molecule has 1 fully saturated rings. The van der Waals surface area contributed by atoms with Crippen LogP contribution < -0.4 is 5.73 Å². The molecule has 4 heteroatoms. The number of ether oxygens (including phenoxy) is 1. The molecular formula is C14H21IN2O. The Morgan fingerprint density at radius 1 is 1.44 bits per heavy atom. The summed E-state index contributed by atoms with van der Waals surface area (Å²) in [6, 6.07) is 8.65. The molecule has 2 N–H and O–H groups in total. The van der Waals surface area contributed by atoms with Gasteiger partial charge in [-0.2, -0.15) is 0 Å². The number of likely N-dealkylation sites (N-methyl/N-ethyl adjacent to an activating group) is 1. The summed E-state index contributed by atoms with van der Waals surface area (Å²) in [7, 11) is 0. The third kappa shape index (κ3) is 3.91. The predicted octanol–water partition coefficient (Wildman–Crippen LogP) is 1.88. The summed E-state index contributed by atoms with van der Waals surface area (Å²) < 4.78 is 7.06. The molecule has 2 unspecified atom stereocenters. The standard InChI is InChI=1S/C14H21IN2O/c1-2-17-7-8-18-14(10-17)13(16)9-11-3-5-12(15)6-4-11/h3-6,13-14H,2,7-10,16H2,1H3. The molecule has 18 heavy (non-hydrogen) atoms. The third-order valence-corrected chi connectivity index (χ3v) is 4.21. The summed E-state index contributed by atoms with van der Waals surface area (Å²) in [4.78, 5) is 2.40. The molecule has 100 valence electrons. The van der Waals surface area contributed by atoms with Gasteiger partial charge < -0.3 is 10.5 Å². The highest BCUT2D eigenvalue weighted by molar-refractivity contribution is 14.1. The van der Waals surface area contributed by atoms with Crippen molar-refractivity contribution in [3.8, 4) is 0 Å². The Labute approximate surface area is 123 Å². The number of hydrogen-bond donors (Lipinski definition) is 1. The highest BCUT2D eigenvalue weighted by Crippen LogP contribution is 2.13. The normalized spacial score (nSPS) is 22.9. The average molecular weight is 360 g/mol. The SMILES string of the molecule is CCN1CCOC(C(N)Cc2ccc(I)cc2)C1. The van der Waals surface area contributed by atoms with Crippen LogP contribution in [0.4, 0.5) is 0 Å². The molecule has 0 spiro atoms. The summed E-state index contributed by atoms with van der Waals surface area (Å²) in [6.45, 7) is 6.06. The molecule has 2 atom stereocenters. The Balaban J connectivity index is 1.90. The van der Waals surface area contributed by atoms with Crippen molar-refractivity contribution in [2.75, 3.05) is 26.2 Å². The molecule has 1 heterocycles. The highest BCUT2D eigenvalue weighted by atomic mass is 127. The zero-order chi connectivity index (χ0) is 13.0. The second-order valence-electron chi connectivity index (χ2n) is 4.80. The lowest BCUT2D eigenvalue weighted by Crippen LogP contribution is -2.51. The maximum absolute atomic E-state index is 6.28. The van der Waals surface area contributed by atoms with Crippen molar-refractivity contribution in [2.45, 2.75) is 25.5 Å². The molecule has 0 aromatic heterocycles. The van der Waals surface area contributed by atoms with Gasteiger partial charge >= 0.3 is 0 Å². The van der Waals surface area contributed by atoms with Gasteiger partial charge in [0.25, 0.3) is 0 Å². The summed E-state index contributed by atoms with van der Waals surface area (Å²) >= 11 is 2.32. The van der Waals surface area contributed by atoms with E-state index in [0.29, 0.717) is 0 Å². The lowest BCUT2D eigenvalue weighted by Gasteiger charge is -2.35. The molecule has 0 aliphatic carbocycles. The summed E-state index contributed by atoms with van der Waals surface area (Å²) in [5.74, 6) is 0. The van der Waals surface area contributed by atoms with Crippen LogP contribution in [0.15, 0.2) is 24.3 Å². The van der Waals surface area contributed by atoms with Crippen molar-refractivity contribution in [1.82, 2.24) is 4.90 Å². The van der Waals surface area contributed by atoms with E-state index in [1.54, 1.807) is 0 Å². The van der Waals surface area contributed by atoms with E-state index < -0.39 is 0 Å². The van der Waals surface area contributed by atoms with Crippen molar-refractivity contribution in [3.05, 3.63) is 33.4 Å². The van der Waals surface area contributed by atoms with E-state index in [9.17, 15) is 0 Å². The number of hydrogen-bond acceptors (Lipinski definition) is 3. The van der Waals surface area contributed by atoms with Crippen LogP contribution in [0.1, 0.15) is 12.5 Å². The Morgan fingerprint density at radius 3 is 2.83 bits per heavy atom. The summed E-state index contributed by atoms with van der Waals surface area (Å²) in [5.41, 5.74) is 7.57. The van der Waals surface area contributed by atoms with Gasteiger partial charge in [-0.15, -0.1) is 0 Å². The van der Waals surface area contributed by atoms with E-state index >= 15 is 0 Å². The molecule has 0 bridgehead atoms. The molecule has 0 amide bonds. The van der Waals surface area contributed by atoms with Gasteiger partial charge in [0.2, 0.25) is 0 Å². The Morgan fingerprint density at radius 2 is 2.17 bits per heavy atom. The van der Waals surface area contributed by atoms with Gasteiger partial charge in [0, 0.05) is 22.7 Å². The van der Waals surface area contributed by atoms with Crippen LogP contribution in [0.5, 0.6) is 0 Å². The number of rotatable bonds is 4. The van der Waals surface area contributed by atoms with Crippen LogP contribution in [0.25, 0.3) is 0 Å². The van der Waals surface area contributed by atoms with Gasteiger partial charge in [0.05, 0.1) is 12.7 Å². The van der Waals surface area contributed by atoms with Gasteiger partial charge in [0.1, 0.15) is 0 Å². The van der Waals surface area contributed by atoms with Crippen LogP contribution >= 0.6 is 22.6 Å². The molecule has 1 aliphatic rings. The van der Waals surface area contributed by atoms with Gasteiger partial charge in [0.15, 0.2) is 0 Å². The maximum atomic E-state index is 6.28. The molecular weight excluding hydrogens is 339 g/mol. The van der Waals surface area contributed by atoms with E-state index in [0.717, 1.165) is 32.7 Å². The second-order valence-corrected chi connectivity index (χ2v) is 6.04. The molecule has 3 nitrogen and oxygen atoms in total. The number of morpholine rings is 1. The van der Waals surface area contributed by atoms with E-state index in [1.807, 2.05) is 0 Å². The molecule has 1 aliphatic heterocycles. The number of nitrogens with two attached hydrogens (primary N) is 1. The minimum absolute atomic E-state index is 0.0828. The fraction of sp³-hybridized carbons (Fsp3) is 0.571. The van der Waals surface area contributed by atoms with Crippen LogP contribution in [0.3, 0.4) is 0 Å². The van der Waals surface area contributed by atoms with E-state index in [1.165, 1.54) is 9.13 Å². The summed E-state index contributed by atoms with van der Waals surface area (Å²) in [5, 5.41) is 0. The second kappa shape index (κ2) is 6.84. The first kappa shape index (κ1) is 14.2. The first-order chi connectivity index (χ1) is 8.69. The molecule has 1 aromatic rings. The quantitative estimate of drug-likeness (QED) is 0.834. The predicted molar refractivity (Wildman–Crippen MR) is 82.7 cm³/mol. The van der Waals surface area contributed by atoms with Gasteiger partial charge in [-0.3, -0.25) is 4.90 Å². The van der Waals surface area contributed by atoms with Crippen LogP contribution in [-0.2, 0) is 11.2 Å². The summed E-state index contributed by atoms with van der Waals surface area (Å²) in [6.07, 6.45) is 1.05. The fourth-order valence-corrected chi connectivity index (χ4v) is 2.66. The van der Waals surface area contributed by atoms with Crippen LogP contribution in [-0.4, -0.2) is 43.3 Å². The third-order valence-electron chi connectivity index (χ3n) is 3.49. The minimum atomic E-state index is 0.0828. The zero-order valence-electron chi connectivity index (χ0n) is 10.8. The van der Waals surface area contributed by atoms with Crippen molar-refractivity contribution in [2.24, 2.45) is 5.73 Å². The average Bonchev–Trinajstić information content (AvgIpc) is 2.41. The lowest BCUT2D eigenvalue weighted by molar-refractivity contribution is -0.0385. The van der Waals surface area contributed by atoms with Crippen LogP contribution in [0, 0.1) is 3.57 Å². The van der Waals surface area contributed by atoms with Crippen molar-refractivity contribution < 1.29 is 4.74 Å². The Kier molecular flexibility index (Phi) is 5.41. The number of halogens is 1. The van der Waals surface area contributed by atoms with Crippen molar-refractivity contribution in [3.63, 3.8) is 0 Å². The molecule has 0 radical (unpaired) electrons. The van der Waals surface area contributed by atoms with E-state index in [-0.39, 0.29) is 12.1 Å². The first-order valence-electron chi connectivity index (χ1n) is 6.53.